The van der Waals surface area contributed by atoms with Crippen LogP contribution in [0, 0.1) is 0 Å². The molecule has 1 unspecified atom stereocenters. The first-order valence-corrected chi connectivity index (χ1v) is 16.7. The lowest BCUT2D eigenvalue weighted by Gasteiger charge is -2.17. The lowest BCUT2D eigenvalue weighted by Crippen LogP contribution is -2.44. The molecule has 0 bridgehead atoms. The minimum Gasteiger partial charge on any atom is -0.477 e. The summed E-state index contributed by atoms with van der Waals surface area (Å²) in [7, 11) is -3.43. The fraction of sp³-hybridized carbons (Fsp3) is 0.242. The van der Waals surface area contributed by atoms with Gasteiger partial charge in [-0.2, -0.15) is 0 Å². The molecule has 1 amide bonds. The Kier molecular flexibility index (Phi) is 10.6. The fourth-order valence-electron chi connectivity index (χ4n) is 4.10. The third-order valence-electron chi connectivity index (χ3n) is 6.57. The molecule has 8 nitrogen and oxygen atoms in total. The Morgan fingerprint density at radius 2 is 1.75 bits per heavy atom. The average molecular weight is 653 g/mol. The maximum atomic E-state index is 12.9. The van der Waals surface area contributed by atoms with E-state index in [-0.39, 0.29) is 27.4 Å². The number of thiazole rings is 1. The quantitative estimate of drug-likeness (QED) is 0.160. The summed E-state index contributed by atoms with van der Waals surface area (Å²) < 4.78 is 30.6. The van der Waals surface area contributed by atoms with Crippen LogP contribution in [0.4, 0.5) is 0 Å². The van der Waals surface area contributed by atoms with E-state index in [1.807, 2.05) is 23.6 Å². The molecule has 1 heterocycles. The zero-order chi connectivity index (χ0) is 31.9. The Morgan fingerprint density at radius 3 is 2.39 bits per heavy atom. The molecule has 4 rings (SSSR count). The number of halogens is 1. The number of benzene rings is 3. The van der Waals surface area contributed by atoms with Crippen LogP contribution in [0.25, 0.3) is 12.2 Å². The van der Waals surface area contributed by atoms with Gasteiger partial charge < -0.3 is 15.2 Å². The van der Waals surface area contributed by atoms with Crippen LogP contribution in [0.5, 0.6) is 5.75 Å². The Bertz CT molecular complexity index is 1740. The lowest BCUT2D eigenvalue weighted by molar-refractivity contribution is -0.146. The zero-order valence-corrected chi connectivity index (χ0v) is 26.9. The molecule has 11 heteroatoms. The van der Waals surface area contributed by atoms with Gasteiger partial charge in [-0.3, -0.25) is 4.79 Å². The molecule has 4 aromatic rings. The van der Waals surface area contributed by atoms with E-state index in [4.69, 9.17) is 16.3 Å². The van der Waals surface area contributed by atoms with Crippen molar-refractivity contribution in [2.24, 2.45) is 0 Å². The normalized spacial score (nSPS) is 12.6. The number of rotatable bonds is 12. The molecule has 1 aromatic heterocycles. The number of hydrogen-bond acceptors (Lipinski definition) is 7. The number of carbonyl (C=O) groups excluding carboxylic acids is 1. The number of carbonyl (C=O) groups is 2. The molecule has 0 saturated carbocycles. The second kappa shape index (κ2) is 14.2. The van der Waals surface area contributed by atoms with Gasteiger partial charge in [0.25, 0.3) is 12.1 Å². The van der Waals surface area contributed by atoms with Crippen molar-refractivity contribution in [1.29, 1.82) is 0 Å². The summed E-state index contributed by atoms with van der Waals surface area (Å²) in [5.74, 6) is -1.75. The number of aryl methyl sites for hydroxylation is 1. The van der Waals surface area contributed by atoms with Gasteiger partial charge in [0.2, 0.25) is 0 Å². The third-order valence-corrected chi connectivity index (χ3v) is 9.45. The minimum absolute atomic E-state index is 0.0277. The summed E-state index contributed by atoms with van der Waals surface area (Å²) >= 11 is 7.38. The number of nitrogens with zero attached hydrogens (tertiary/aromatic N) is 1. The van der Waals surface area contributed by atoms with Gasteiger partial charge in [0, 0.05) is 21.4 Å². The monoisotopic (exact) mass is 652 g/mol. The summed E-state index contributed by atoms with van der Waals surface area (Å²) in [6, 6.07) is 19.5. The SMILES string of the molecule is CC(C)(C)c1csc(C=Cc2cccc(C(=O)NC(Oc3ccc(CCCS(=O)(=O)c4ccc(Cl)cc4)cc3)C(=O)O)c2)n1. The number of aromatic nitrogens is 1. The number of hydrogen-bond donors (Lipinski definition) is 2. The lowest BCUT2D eigenvalue weighted by atomic mass is 9.93. The Balaban J connectivity index is 1.33. The van der Waals surface area contributed by atoms with Crippen LogP contribution in [0.15, 0.2) is 83.1 Å². The van der Waals surface area contributed by atoms with Crippen LogP contribution < -0.4 is 10.1 Å². The molecule has 0 fully saturated rings. The van der Waals surface area contributed by atoms with Crippen molar-refractivity contribution in [3.63, 3.8) is 0 Å². The van der Waals surface area contributed by atoms with E-state index in [1.54, 1.807) is 54.6 Å². The number of sulfone groups is 1. The van der Waals surface area contributed by atoms with Crippen LogP contribution >= 0.6 is 22.9 Å². The fourth-order valence-corrected chi connectivity index (χ4v) is 6.47. The van der Waals surface area contributed by atoms with Crippen molar-refractivity contribution in [2.75, 3.05) is 5.75 Å². The highest BCUT2D eigenvalue weighted by atomic mass is 35.5. The number of carboxylic acid groups (broad SMARTS) is 1. The molecule has 230 valence electrons. The van der Waals surface area contributed by atoms with E-state index >= 15 is 0 Å². The van der Waals surface area contributed by atoms with E-state index in [1.165, 1.54) is 23.5 Å². The molecule has 0 spiro atoms. The first kappa shape index (κ1) is 32.9. The number of ether oxygens (including phenoxy) is 1. The van der Waals surface area contributed by atoms with Crippen LogP contribution in [0.2, 0.25) is 5.02 Å². The van der Waals surface area contributed by atoms with Crippen LogP contribution in [0.3, 0.4) is 0 Å². The largest absolute Gasteiger partial charge is 0.477 e. The minimum atomic E-state index is -3.43. The molecule has 44 heavy (non-hydrogen) atoms. The molecule has 2 N–H and O–H groups in total. The maximum absolute atomic E-state index is 12.9. The van der Waals surface area contributed by atoms with Gasteiger partial charge in [-0.25, -0.2) is 18.2 Å². The van der Waals surface area contributed by atoms with Crippen molar-refractivity contribution in [3.05, 3.63) is 111 Å². The Labute approximate surface area is 266 Å². The number of carboxylic acids is 1. The Morgan fingerprint density at radius 1 is 1.05 bits per heavy atom. The molecule has 0 saturated heterocycles. The van der Waals surface area contributed by atoms with Crippen molar-refractivity contribution < 1.29 is 27.9 Å². The molecule has 3 aromatic carbocycles. The van der Waals surface area contributed by atoms with Crippen molar-refractivity contribution in [1.82, 2.24) is 10.3 Å². The molecule has 1 atom stereocenters. The first-order chi connectivity index (χ1) is 20.8. The summed E-state index contributed by atoms with van der Waals surface area (Å²) in [4.78, 5) is 29.7. The van der Waals surface area contributed by atoms with E-state index in [0.717, 1.165) is 21.8 Å². The van der Waals surface area contributed by atoms with E-state index in [9.17, 15) is 23.1 Å². The van der Waals surface area contributed by atoms with Crippen LogP contribution in [0.1, 0.15) is 59.4 Å². The molecule has 0 radical (unpaired) electrons. The molecule has 0 aliphatic heterocycles. The van der Waals surface area contributed by atoms with Gasteiger partial charge in [-0.15, -0.1) is 11.3 Å². The molecule has 0 aliphatic carbocycles. The van der Waals surface area contributed by atoms with Crippen molar-refractivity contribution in [3.8, 4) is 5.75 Å². The third kappa shape index (κ3) is 9.25. The number of nitrogens with one attached hydrogen (secondary N) is 1. The summed E-state index contributed by atoms with van der Waals surface area (Å²) in [5, 5.41) is 15.4. The zero-order valence-electron chi connectivity index (χ0n) is 24.5. The van der Waals surface area contributed by atoms with E-state index in [2.05, 4.69) is 31.1 Å². The smallest absolute Gasteiger partial charge is 0.366 e. The summed E-state index contributed by atoms with van der Waals surface area (Å²) in [6.45, 7) is 6.30. The van der Waals surface area contributed by atoms with Gasteiger partial charge in [0.05, 0.1) is 16.3 Å². The van der Waals surface area contributed by atoms with Crippen LogP contribution in [-0.2, 0) is 26.5 Å². The maximum Gasteiger partial charge on any atom is 0.366 e. The average Bonchev–Trinajstić information content (AvgIpc) is 3.47. The van der Waals surface area contributed by atoms with E-state index in [0.29, 0.717) is 17.9 Å². The second-order valence-electron chi connectivity index (χ2n) is 11.1. The molecule has 0 aliphatic rings. The van der Waals surface area contributed by atoms with Gasteiger partial charge in [-0.05, 0) is 78.6 Å². The Hall–Kier alpha value is -3.99. The topological polar surface area (TPSA) is 123 Å². The predicted molar refractivity (Wildman–Crippen MR) is 174 cm³/mol. The summed E-state index contributed by atoms with van der Waals surface area (Å²) in [5.41, 5.74) is 2.85. The van der Waals surface area contributed by atoms with Gasteiger partial charge in [0.15, 0.2) is 9.84 Å². The van der Waals surface area contributed by atoms with Crippen molar-refractivity contribution in [2.45, 2.75) is 50.2 Å². The van der Waals surface area contributed by atoms with Gasteiger partial charge in [-0.1, -0.05) is 62.7 Å². The molecular weight excluding hydrogens is 620 g/mol. The number of aliphatic carboxylic acids is 1. The van der Waals surface area contributed by atoms with Gasteiger partial charge in [0.1, 0.15) is 10.8 Å². The highest BCUT2D eigenvalue weighted by Crippen LogP contribution is 2.25. The second-order valence-corrected chi connectivity index (χ2v) is 14.5. The first-order valence-electron chi connectivity index (χ1n) is 13.8. The van der Waals surface area contributed by atoms with Crippen LogP contribution in [-0.4, -0.2) is 42.4 Å². The summed E-state index contributed by atoms with van der Waals surface area (Å²) in [6.07, 6.45) is 3.00. The number of amides is 1. The predicted octanol–water partition coefficient (Wildman–Crippen LogP) is 6.89. The molecular formula is C33H33ClN2O6S2. The van der Waals surface area contributed by atoms with Gasteiger partial charge >= 0.3 is 5.97 Å². The highest BCUT2D eigenvalue weighted by molar-refractivity contribution is 7.91. The standard InChI is InChI=1S/C33H33ClN2O6S2/c1-33(2,3)28-21-43-29(35-28)18-11-23-6-4-8-24(20-23)30(37)36-31(32(38)39)42-26-14-9-22(10-15-26)7-5-19-44(40,41)27-16-12-25(34)13-17-27/h4,6,8-18,20-21,31H,5,7,19H2,1-3H3,(H,36,37)(H,38,39). The highest BCUT2D eigenvalue weighted by Gasteiger charge is 2.23. The van der Waals surface area contributed by atoms with Crippen molar-refractivity contribution >= 4 is 56.8 Å². The van der Waals surface area contributed by atoms with E-state index < -0.39 is 27.9 Å².